The van der Waals surface area contributed by atoms with Crippen LogP contribution < -0.4 is 15.8 Å². The highest BCUT2D eigenvalue weighted by atomic mass is 32.2. The monoisotopic (exact) mass is 312 g/mol. The summed E-state index contributed by atoms with van der Waals surface area (Å²) in [6.07, 6.45) is 0.919. The molecule has 1 aromatic rings. The molecule has 0 aliphatic rings. The van der Waals surface area contributed by atoms with Gasteiger partial charge >= 0.3 is 0 Å². The molecule has 0 spiro atoms. The van der Waals surface area contributed by atoms with Crippen molar-refractivity contribution in [3.05, 3.63) is 18.2 Å². The number of rotatable bonds is 6. The second-order valence-corrected chi connectivity index (χ2v) is 8.10. The van der Waals surface area contributed by atoms with Crippen LogP contribution >= 0.6 is 0 Å². The molecule has 1 atom stereocenters. The summed E-state index contributed by atoms with van der Waals surface area (Å²) in [7, 11) is 0.594. The van der Waals surface area contributed by atoms with E-state index < -0.39 is 10.8 Å². The van der Waals surface area contributed by atoms with Crippen molar-refractivity contribution in [1.29, 1.82) is 0 Å². The molecule has 118 valence electrons. The van der Waals surface area contributed by atoms with E-state index >= 15 is 0 Å². The summed E-state index contributed by atoms with van der Waals surface area (Å²) in [6.45, 7) is 5.80. The predicted octanol–water partition coefficient (Wildman–Crippen LogP) is 2.54. The number of nitrogens with one attached hydrogen (secondary N) is 1. The quantitative estimate of drug-likeness (QED) is 0.791. The van der Waals surface area contributed by atoms with Crippen molar-refractivity contribution in [3.8, 4) is 5.75 Å². The van der Waals surface area contributed by atoms with Crippen LogP contribution in [0.15, 0.2) is 18.2 Å². The molecule has 1 rings (SSSR count). The molecule has 1 amide bonds. The number of anilines is 2. The molecule has 1 unspecified atom stereocenters. The molecule has 0 aromatic heterocycles. The minimum absolute atomic E-state index is 0.121. The summed E-state index contributed by atoms with van der Waals surface area (Å²) in [4.78, 5) is 11.9. The van der Waals surface area contributed by atoms with Gasteiger partial charge in [0.25, 0.3) is 0 Å². The van der Waals surface area contributed by atoms with Gasteiger partial charge in [-0.05, 0) is 39.3 Å². The Kier molecular flexibility index (Phi) is 6.20. The maximum absolute atomic E-state index is 11.9. The van der Waals surface area contributed by atoms with E-state index in [0.29, 0.717) is 35.7 Å². The highest BCUT2D eigenvalue weighted by Crippen LogP contribution is 2.26. The number of amides is 1. The SMILES string of the molecule is COc1cc(N)ccc1NC(=O)CCCS(=O)C(C)(C)C. The second-order valence-electron chi connectivity index (χ2n) is 5.77. The van der Waals surface area contributed by atoms with Gasteiger partial charge in [-0.25, -0.2) is 0 Å². The van der Waals surface area contributed by atoms with Crippen molar-refractivity contribution in [3.63, 3.8) is 0 Å². The maximum Gasteiger partial charge on any atom is 0.224 e. The van der Waals surface area contributed by atoms with E-state index in [4.69, 9.17) is 10.5 Å². The summed E-state index contributed by atoms with van der Waals surface area (Å²) in [5.74, 6) is 0.932. The maximum atomic E-state index is 11.9. The van der Waals surface area contributed by atoms with E-state index in [1.54, 1.807) is 18.2 Å². The van der Waals surface area contributed by atoms with Crippen molar-refractivity contribution in [2.45, 2.75) is 38.4 Å². The van der Waals surface area contributed by atoms with Gasteiger partial charge in [0, 0.05) is 39.5 Å². The molecule has 3 N–H and O–H groups in total. The predicted molar refractivity (Wildman–Crippen MR) is 88.0 cm³/mol. The standard InChI is InChI=1S/C15H24N2O3S/c1-15(2,3)21(19)9-5-6-14(18)17-12-8-7-11(16)10-13(12)20-4/h7-8,10H,5-6,9,16H2,1-4H3,(H,17,18). The van der Waals surface area contributed by atoms with Crippen LogP contribution in [0.1, 0.15) is 33.6 Å². The first kappa shape index (κ1) is 17.5. The molecule has 0 saturated heterocycles. The van der Waals surface area contributed by atoms with Crippen molar-refractivity contribution in [2.24, 2.45) is 0 Å². The average Bonchev–Trinajstić information content (AvgIpc) is 2.39. The van der Waals surface area contributed by atoms with E-state index in [0.717, 1.165) is 0 Å². The van der Waals surface area contributed by atoms with Crippen LogP contribution in [0.4, 0.5) is 11.4 Å². The Morgan fingerprint density at radius 2 is 2.05 bits per heavy atom. The number of hydrogen-bond acceptors (Lipinski definition) is 4. The van der Waals surface area contributed by atoms with Crippen molar-refractivity contribution in [1.82, 2.24) is 0 Å². The van der Waals surface area contributed by atoms with Gasteiger partial charge in [-0.15, -0.1) is 0 Å². The third-order valence-electron chi connectivity index (χ3n) is 2.92. The zero-order valence-corrected chi connectivity index (χ0v) is 13.9. The third kappa shape index (κ3) is 5.75. The van der Waals surface area contributed by atoms with Crippen molar-refractivity contribution in [2.75, 3.05) is 23.9 Å². The van der Waals surface area contributed by atoms with Crippen LogP contribution in [-0.4, -0.2) is 27.7 Å². The van der Waals surface area contributed by atoms with Gasteiger partial charge in [-0.2, -0.15) is 0 Å². The molecule has 0 aliphatic carbocycles. The molecule has 5 nitrogen and oxygen atoms in total. The fraction of sp³-hybridized carbons (Fsp3) is 0.533. The van der Waals surface area contributed by atoms with Crippen molar-refractivity contribution >= 4 is 28.1 Å². The first-order chi connectivity index (χ1) is 9.74. The Bertz CT molecular complexity index is 524. The van der Waals surface area contributed by atoms with Crippen molar-refractivity contribution < 1.29 is 13.7 Å². The highest BCUT2D eigenvalue weighted by Gasteiger charge is 2.19. The zero-order valence-electron chi connectivity index (χ0n) is 13.1. The highest BCUT2D eigenvalue weighted by molar-refractivity contribution is 7.86. The number of nitrogen functional groups attached to an aromatic ring is 1. The molecular formula is C15H24N2O3S. The topological polar surface area (TPSA) is 81.4 Å². The fourth-order valence-electron chi connectivity index (χ4n) is 1.69. The number of carbonyl (C=O) groups excluding carboxylic acids is 1. The molecule has 0 radical (unpaired) electrons. The minimum Gasteiger partial charge on any atom is -0.494 e. The number of methoxy groups -OCH3 is 1. The summed E-state index contributed by atoms with van der Waals surface area (Å²) < 4.78 is 16.8. The van der Waals surface area contributed by atoms with Crippen LogP contribution in [0.3, 0.4) is 0 Å². The van der Waals surface area contributed by atoms with Crippen LogP contribution in [0, 0.1) is 0 Å². The summed E-state index contributed by atoms with van der Waals surface area (Å²) >= 11 is 0. The summed E-state index contributed by atoms with van der Waals surface area (Å²) in [5.41, 5.74) is 6.83. The van der Waals surface area contributed by atoms with Gasteiger partial charge in [-0.1, -0.05) is 0 Å². The molecule has 0 aliphatic heterocycles. The Morgan fingerprint density at radius 1 is 1.38 bits per heavy atom. The fourth-order valence-corrected chi connectivity index (χ4v) is 2.71. The van der Waals surface area contributed by atoms with E-state index in [-0.39, 0.29) is 10.7 Å². The summed E-state index contributed by atoms with van der Waals surface area (Å²) in [5, 5.41) is 2.78. The van der Waals surface area contributed by atoms with Crippen LogP contribution in [0.5, 0.6) is 5.75 Å². The average molecular weight is 312 g/mol. The van der Waals surface area contributed by atoms with Gasteiger partial charge in [0.05, 0.1) is 12.8 Å². The van der Waals surface area contributed by atoms with Gasteiger partial charge in [0.15, 0.2) is 0 Å². The lowest BCUT2D eigenvalue weighted by Crippen LogP contribution is -2.24. The lowest BCUT2D eigenvalue weighted by Gasteiger charge is -2.17. The van der Waals surface area contributed by atoms with Gasteiger partial charge in [0.1, 0.15) is 5.75 Å². The van der Waals surface area contributed by atoms with E-state index in [9.17, 15) is 9.00 Å². The van der Waals surface area contributed by atoms with Gasteiger partial charge in [-0.3, -0.25) is 9.00 Å². The van der Waals surface area contributed by atoms with E-state index in [1.807, 2.05) is 20.8 Å². The Morgan fingerprint density at radius 3 is 2.62 bits per heavy atom. The molecule has 6 heteroatoms. The lowest BCUT2D eigenvalue weighted by molar-refractivity contribution is -0.116. The second kappa shape index (κ2) is 7.45. The zero-order chi connectivity index (χ0) is 16.0. The normalized spacial score (nSPS) is 12.8. The van der Waals surface area contributed by atoms with Crippen LogP contribution in [0.25, 0.3) is 0 Å². The van der Waals surface area contributed by atoms with Gasteiger partial charge < -0.3 is 15.8 Å². The molecular weight excluding hydrogens is 288 g/mol. The number of benzene rings is 1. The molecule has 0 bridgehead atoms. The first-order valence-electron chi connectivity index (χ1n) is 6.86. The molecule has 0 heterocycles. The van der Waals surface area contributed by atoms with Gasteiger partial charge in [0.2, 0.25) is 5.91 Å². The Labute approximate surface area is 128 Å². The minimum atomic E-state index is -0.931. The third-order valence-corrected chi connectivity index (χ3v) is 4.94. The van der Waals surface area contributed by atoms with E-state index in [1.165, 1.54) is 7.11 Å². The molecule has 0 saturated carbocycles. The van der Waals surface area contributed by atoms with E-state index in [2.05, 4.69) is 5.32 Å². The number of nitrogens with two attached hydrogens (primary N) is 1. The Balaban J connectivity index is 2.50. The smallest absolute Gasteiger partial charge is 0.224 e. The first-order valence-corrected chi connectivity index (χ1v) is 8.18. The molecule has 1 aromatic carbocycles. The Hall–Kier alpha value is -1.56. The number of ether oxygens (including phenoxy) is 1. The van der Waals surface area contributed by atoms with Crippen LogP contribution in [0.2, 0.25) is 0 Å². The number of hydrogen-bond donors (Lipinski definition) is 2. The summed E-state index contributed by atoms with van der Waals surface area (Å²) in [6, 6.07) is 5.07. The number of carbonyl (C=O) groups is 1. The molecule has 21 heavy (non-hydrogen) atoms. The van der Waals surface area contributed by atoms with Crippen LogP contribution in [-0.2, 0) is 15.6 Å². The largest absolute Gasteiger partial charge is 0.494 e. The molecule has 0 fully saturated rings. The lowest BCUT2D eigenvalue weighted by atomic mass is 10.2.